The van der Waals surface area contributed by atoms with Gasteiger partial charge in [0.05, 0.1) is 37.0 Å². The number of amides is 2. The number of hydrogen-bond acceptors (Lipinski definition) is 5. The third kappa shape index (κ3) is 4.53. The molecule has 0 radical (unpaired) electrons. The molecule has 2 amide bonds. The average Bonchev–Trinajstić information content (AvgIpc) is 3.63. The monoisotopic (exact) mass is 459 g/mol. The van der Waals surface area contributed by atoms with E-state index in [1.165, 1.54) is 12.8 Å². The molecule has 0 spiro atoms. The lowest BCUT2D eigenvalue weighted by molar-refractivity contribution is -0.126. The molecule has 1 aliphatic carbocycles. The van der Waals surface area contributed by atoms with Gasteiger partial charge >= 0.3 is 0 Å². The van der Waals surface area contributed by atoms with Gasteiger partial charge in [-0.2, -0.15) is 5.10 Å². The van der Waals surface area contributed by atoms with Crippen LogP contribution in [0, 0.1) is 5.92 Å². The van der Waals surface area contributed by atoms with Gasteiger partial charge in [0.1, 0.15) is 5.75 Å². The molecule has 34 heavy (non-hydrogen) atoms. The van der Waals surface area contributed by atoms with E-state index >= 15 is 0 Å². The van der Waals surface area contributed by atoms with Crippen molar-refractivity contribution < 1.29 is 14.3 Å². The molecule has 1 aromatic carbocycles. The number of pyridine rings is 1. The van der Waals surface area contributed by atoms with E-state index in [-0.39, 0.29) is 18.2 Å². The maximum Gasteiger partial charge on any atom is 0.227 e. The molecule has 1 N–H and O–H groups in total. The van der Waals surface area contributed by atoms with Gasteiger partial charge in [-0.05, 0) is 43.2 Å². The topological polar surface area (TPSA) is 89.3 Å². The van der Waals surface area contributed by atoms with Crippen LogP contribution in [0.15, 0.2) is 54.9 Å². The molecule has 1 saturated carbocycles. The minimum Gasteiger partial charge on any atom is -0.497 e. The number of rotatable bonds is 7. The number of ether oxygens (including phenoxy) is 1. The van der Waals surface area contributed by atoms with Crippen molar-refractivity contribution >= 4 is 17.5 Å². The van der Waals surface area contributed by atoms with Crippen LogP contribution in [0.4, 0.5) is 5.69 Å². The second-order valence-electron chi connectivity index (χ2n) is 8.96. The van der Waals surface area contributed by atoms with Crippen LogP contribution in [-0.4, -0.2) is 40.2 Å². The first-order valence-corrected chi connectivity index (χ1v) is 11.8. The molecule has 3 aromatic rings. The lowest BCUT2D eigenvalue weighted by Crippen LogP contribution is -2.32. The molecule has 8 nitrogen and oxygen atoms in total. The van der Waals surface area contributed by atoms with Crippen LogP contribution in [0.5, 0.6) is 5.75 Å². The highest BCUT2D eigenvalue weighted by Gasteiger charge is 2.35. The molecule has 5 rings (SSSR count). The number of anilines is 1. The van der Waals surface area contributed by atoms with E-state index in [1.807, 2.05) is 36.4 Å². The summed E-state index contributed by atoms with van der Waals surface area (Å²) in [5.74, 6) is 0.106. The van der Waals surface area contributed by atoms with E-state index in [1.54, 1.807) is 24.4 Å². The van der Waals surface area contributed by atoms with Gasteiger partial charge in [-0.3, -0.25) is 19.3 Å². The van der Waals surface area contributed by atoms with Gasteiger partial charge < -0.3 is 15.0 Å². The van der Waals surface area contributed by atoms with Gasteiger partial charge in [0, 0.05) is 42.7 Å². The summed E-state index contributed by atoms with van der Waals surface area (Å²) >= 11 is 0. The van der Waals surface area contributed by atoms with Crippen molar-refractivity contribution in [3.8, 4) is 17.0 Å². The van der Waals surface area contributed by atoms with Gasteiger partial charge in [0.25, 0.3) is 0 Å². The van der Waals surface area contributed by atoms with E-state index in [4.69, 9.17) is 9.84 Å². The number of carbonyl (C=O) groups excluding carboxylic acids is 2. The normalized spacial score (nSPS) is 18.4. The lowest BCUT2D eigenvalue weighted by Gasteiger charge is -2.17. The second kappa shape index (κ2) is 9.67. The van der Waals surface area contributed by atoms with Crippen molar-refractivity contribution in [1.29, 1.82) is 0 Å². The van der Waals surface area contributed by atoms with Gasteiger partial charge in [-0.1, -0.05) is 18.9 Å². The molecular weight excluding hydrogens is 430 g/mol. The van der Waals surface area contributed by atoms with Gasteiger partial charge in [0.15, 0.2) is 0 Å². The molecule has 3 heterocycles. The molecule has 2 aromatic heterocycles. The molecular formula is C26H29N5O3. The first-order valence-electron chi connectivity index (χ1n) is 11.8. The summed E-state index contributed by atoms with van der Waals surface area (Å²) in [4.78, 5) is 31.3. The Bertz CT molecular complexity index is 1170. The van der Waals surface area contributed by atoms with Crippen molar-refractivity contribution in [1.82, 2.24) is 20.1 Å². The number of nitrogens with one attached hydrogen (secondary N) is 1. The van der Waals surface area contributed by atoms with Crippen LogP contribution < -0.4 is 15.0 Å². The predicted octanol–water partition coefficient (Wildman–Crippen LogP) is 3.74. The molecule has 1 aliphatic heterocycles. The quantitative estimate of drug-likeness (QED) is 0.581. The van der Waals surface area contributed by atoms with Crippen LogP contribution in [-0.2, 0) is 16.1 Å². The van der Waals surface area contributed by atoms with Crippen molar-refractivity contribution in [3.63, 3.8) is 0 Å². The number of nitrogens with zero attached hydrogens (tertiary/aromatic N) is 4. The Labute approximate surface area is 198 Å². The molecule has 8 heteroatoms. The number of benzene rings is 1. The fourth-order valence-electron chi connectivity index (χ4n) is 4.93. The summed E-state index contributed by atoms with van der Waals surface area (Å²) < 4.78 is 7.38. The number of hydrogen-bond donors (Lipinski definition) is 1. The summed E-state index contributed by atoms with van der Waals surface area (Å²) in [7, 11) is 1.59. The van der Waals surface area contributed by atoms with Gasteiger partial charge in [0.2, 0.25) is 11.8 Å². The highest BCUT2D eigenvalue weighted by Crippen LogP contribution is 2.34. The third-order valence-corrected chi connectivity index (χ3v) is 6.74. The zero-order chi connectivity index (χ0) is 23.5. The van der Waals surface area contributed by atoms with Crippen LogP contribution in [0.2, 0.25) is 0 Å². The first-order chi connectivity index (χ1) is 16.6. The maximum atomic E-state index is 12.9. The molecule has 2 aliphatic rings. The van der Waals surface area contributed by atoms with E-state index in [0.29, 0.717) is 24.9 Å². The second-order valence-corrected chi connectivity index (χ2v) is 8.96. The summed E-state index contributed by atoms with van der Waals surface area (Å²) in [5.41, 5.74) is 3.69. The fourth-order valence-corrected chi connectivity index (χ4v) is 4.93. The Kier molecular flexibility index (Phi) is 6.29. The number of aromatic nitrogens is 3. The van der Waals surface area contributed by atoms with Crippen molar-refractivity contribution in [2.24, 2.45) is 5.92 Å². The average molecular weight is 460 g/mol. The van der Waals surface area contributed by atoms with Crippen molar-refractivity contribution in [2.45, 2.75) is 44.7 Å². The predicted molar refractivity (Wildman–Crippen MR) is 128 cm³/mol. The summed E-state index contributed by atoms with van der Waals surface area (Å²) in [6.45, 7) is 0.692. The van der Waals surface area contributed by atoms with Crippen LogP contribution >= 0.6 is 0 Å². The largest absolute Gasteiger partial charge is 0.497 e. The van der Waals surface area contributed by atoms with Crippen LogP contribution in [0.25, 0.3) is 11.3 Å². The Hall–Kier alpha value is -3.68. The molecule has 1 unspecified atom stereocenters. The zero-order valence-electron chi connectivity index (χ0n) is 19.3. The summed E-state index contributed by atoms with van der Waals surface area (Å²) in [5, 5.41) is 7.86. The highest BCUT2D eigenvalue weighted by molar-refractivity contribution is 6.00. The summed E-state index contributed by atoms with van der Waals surface area (Å²) in [6.07, 6.45) is 8.44. The van der Waals surface area contributed by atoms with E-state index in [0.717, 1.165) is 35.5 Å². The molecule has 2 fully saturated rings. The lowest BCUT2D eigenvalue weighted by atomic mass is 10.1. The Morgan fingerprint density at radius 1 is 1.15 bits per heavy atom. The Morgan fingerprint density at radius 3 is 2.71 bits per heavy atom. The van der Waals surface area contributed by atoms with Crippen LogP contribution in [0.3, 0.4) is 0 Å². The molecule has 1 saturated heterocycles. The van der Waals surface area contributed by atoms with Crippen molar-refractivity contribution in [2.75, 3.05) is 18.6 Å². The minimum atomic E-state index is -0.393. The Morgan fingerprint density at radius 2 is 1.94 bits per heavy atom. The van der Waals surface area contributed by atoms with E-state index in [9.17, 15) is 9.59 Å². The molecule has 1 atom stereocenters. The van der Waals surface area contributed by atoms with Gasteiger partial charge in [-0.25, -0.2) is 0 Å². The first kappa shape index (κ1) is 22.1. The Balaban J connectivity index is 1.27. The van der Waals surface area contributed by atoms with Gasteiger partial charge in [-0.15, -0.1) is 0 Å². The van der Waals surface area contributed by atoms with Crippen molar-refractivity contribution in [3.05, 3.63) is 60.6 Å². The third-order valence-electron chi connectivity index (χ3n) is 6.74. The fraction of sp³-hybridized carbons (Fsp3) is 0.385. The number of methoxy groups -OCH3 is 1. The van der Waals surface area contributed by atoms with E-state index in [2.05, 4.69) is 21.0 Å². The zero-order valence-corrected chi connectivity index (χ0v) is 19.3. The van der Waals surface area contributed by atoms with Crippen LogP contribution in [0.1, 0.15) is 43.8 Å². The standard InChI is InChI=1S/C26H29N5O3/c1-34-23-8-4-7-22(15-23)30-17-19(13-25(30)32)26(33)28-16-20-14-24(18-9-11-27-12-10-18)31(29-20)21-5-2-3-6-21/h4,7-12,14-15,19,21H,2-3,5-6,13,16-17H2,1H3,(H,28,33). The van der Waals surface area contributed by atoms with E-state index < -0.39 is 5.92 Å². The smallest absolute Gasteiger partial charge is 0.227 e. The molecule has 0 bridgehead atoms. The summed E-state index contributed by atoms with van der Waals surface area (Å²) in [6, 6.07) is 13.8. The maximum absolute atomic E-state index is 12.9. The SMILES string of the molecule is COc1cccc(N2CC(C(=O)NCc3cc(-c4ccncc4)n(C4CCCC4)n3)CC2=O)c1. The number of carbonyl (C=O) groups is 2. The highest BCUT2D eigenvalue weighted by atomic mass is 16.5. The minimum absolute atomic E-state index is 0.0566. The molecule has 176 valence electrons.